The topological polar surface area (TPSA) is 80.4 Å². The molecule has 0 heterocycles. The van der Waals surface area contributed by atoms with Crippen molar-refractivity contribution in [3.8, 4) is 11.1 Å². The summed E-state index contributed by atoms with van der Waals surface area (Å²) in [6, 6.07) is 7.65. The van der Waals surface area contributed by atoms with E-state index in [-0.39, 0.29) is 16.7 Å². The molecule has 0 aliphatic heterocycles. The molecule has 2 rings (SSSR count). The summed E-state index contributed by atoms with van der Waals surface area (Å²) in [4.78, 5) is 21.2. The fourth-order valence-corrected chi connectivity index (χ4v) is 1.89. The van der Waals surface area contributed by atoms with Crippen LogP contribution < -0.4 is 0 Å². The highest BCUT2D eigenvalue weighted by molar-refractivity contribution is 5.90. The van der Waals surface area contributed by atoms with Crippen molar-refractivity contribution in [1.29, 1.82) is 0 Å². The van der Waals surface area contributed by atoms with Crippen LogP contribution >= 0.6 is 0 Å². The van der Waals surface area contributed by atoms with Crippen LogP contribution in [0, 0.1) is 22.9 Å². The zero-order valence-corrected chi connectivity index (χ0v) is 10.5. The third-order valence-electron chi connectivity index (χ3n) is 2.85. The van der Waals surface area contributed by atoms with E-state index < -0.39 is 22.4 Å². The summed E-state index contributed by atoms with van der Waals surface area (Å²) in [5.41, 5.74) is 0.232. The summed E-state index contributed by atoms with van der Waals surface area (Å²) in [6.45, 7) is 1.74. The lowest BCUT2D eigenvalue weighted by atomic mass is 9.99. The minimum Gasteiger partial charge on any atom is -0.478 e. The molecular weight excluding hydrogens is 265 g/mol. The van der Waals surface area contributed by atoms with E-state index in [2.05, 4.69) is 0 Å². The van der Waals surface area contributed by atoms with Crippen LogP contribution in [0.5, 0.6) is 0 Å². The molecule has 0 saturated carbocycles. The van der Waals surface area contributed by atoms with Gasteiger partial charge in [0, 0.05) is 11.6 Å². The summed E-state index contributed by atoms with van der Waals surface area (Å²) in [5, 5.41) is 19.9. The summed E-state index contributed by atoms with van der Waals surface area (Å²) in [6.07, 6.45) is 0. The molecule has 102 valence electrons. The van der Waals surface area contributed by atoms with Gasteiger partial charge in [0.25, 0.3) is 5.69 Å². The maximum atomic E-state index is 13.8. The minimum atomic E-state index is -1.27. The molecule has 0 aliphatic rings. The van der Waals surface area contributed by atoms with Gasteiger partial charge in [-0.15, -0.1) is 0 Å². The molecule has 0 spiro atoms. The second-order valence-corrected chi connectivity index (χ2v) is 4.28. The fraction of sp³-hybridized carbons (Fsp3) is 0.0714. The molecule has 0 atom stereocenters. The van der Waals surface area contributed by atoms with Crippen molar-refractivity contribution >= 4 is 11.7 Å². The van der Waals surface area contributed by atoms with Gasteiger partial charge in [0.05, 0.1) is 16.1 Å². The molecule has 2 aromatic carbocycles. The van der Waals surface area contributed by atoms with Crippen LogP contribution in [0.2, 0.25) is 0 Å². The van der Waals surface area contributed by atoms with Crippen LogP contribution in [0.4, 0.5) is 10.1 Å². The number of carboxylic acids is 1. The lowest BCUT2D eigenvalue weighted by molar-refractivity contribution is -0.384. The van der Waals surface area contributed by atoms with Gasteiger partial charge >= 0.3 is 5.97 Å². The number of aromatic carboxylic acids is 1. The molecule has 0 amide bonds. The van der Waals surface area contributed by atoms with Crippen LogP contribution in [0.1, 0.15) is 15.9 Å². The van der Waals surface area contributed by atoms with Gasteiger partial charge in [-0.2, -0.15) is 0 Å². The standard InChI is InChI=1S/C14H10FNO4/c1-8-2-5-12(15)11(6-8)10-4-3-9(14(17)18)7-13(10)16(19)20/h2-7H,1H3,(H,17,18). The lowest BCUT2D eigenvalue weighted by Crippen LogP contribution is -2.00. The number of benzene rings is 2. The Bertz CT molecular complexity index is 712. The first-order valence-electron chi connectivity index (χ1n) is 5.68. The van der Waals surface area contributed by atoms with Gasteiger partial charge in [-0.3, -0.25) is 10.1 Å². The molecule has 0 aliphatic carbocycles. The lowest BCUT2D eigenvalue weighted by Gasteiger charge is -2.07. The van der Waals surface area contributed by atoms with E-state index in [4.69, 9.17) is 5.11 Å². The number of hydrogen-bond donors (Lipinski definition) is 1. The Balaban J connectivity index is 2.70. The first-order chi connectivity index (χ1) is 9.40. The Labute approximate surface area is 113 Å². The van der Waals surface area contributed by atoms with Crippen molar-refractivity contribution in [3.05, 3.63) is 63.5 Å². The van der Waals surface area contributed by atoms with E-state index in [1.807, 2.05) is 0 Å². The number of halogens is 1. The second-order valence-electron chi connectivity index (χ2n) is 4.28. The Morgan fingerprint density at radius 3 is 2.50 bits per heavy atom. The molecule has 2 aromatic rings. The largest absolute Gasteiger partial charge is 0.478 e. The number of carboxylic acid groups (broad SMARTS) is 1. The Morgan fingerprint density at radius 2 is 1.90 bits per heavy atom. The smallest absolute Gasteiger partial charge is 0.335 e. The number of aryl methyl sites for hydroxylation is 1. The predicted octanol–water partition coefficient (Wildman–Crippen LogP) is 3.41. The van der Waals surface area contributed by atoms with Gasteiger partial charge in [-0.25, -0.2) is 9.18 Å². The van der Waals surface area contributed by atoms with Crippen molar-refractivity contribution in [1.82, 2.24) is 0 Å². The molecule has 0 aromatic heterocycles. The molecule has 0 radical (unpaired) electrons. The molecule has 1 N–H and O–H groups in total. The summed E-state index contributed by atoms with van der Waals surface area (Å²) < 4.78 is 13.8. The predicted molar refractivity (Wildman–Crippen MR) is 70.2 cm³/mol. The van der Waals surface area contributed by atoms with Gasteiger partial charge in [0.1, 0.15) is 5.82 Å². The average molecular weight is 275 g/mol. The van der Waals surface area contributed by atoms with Crippen molar-refractivity contribution in [2.24, 2.45) is 0 Å². The molecule has 6 heteroatoms. The molecule has 0 saturated heterocycles. The van der Waals surface area contributed by atoms with E-state index in [9.17, 15) is 19.3 Å². The number of carbonyl (C=O) groups is 1. The number of nitrogens with zero attached hydrogens (tertiary/aromatic N) is 1. The Hall–Kier alpha value is -2.76. The van der Waals surface area contributed by atoms with Gasteiger partial charge < -0.3 is 5.11 Å². The Kier molecular flexibility index (Phi) is 3.47. The van der Waals surface area contributed by atoms with Crippen LogP contribution in [0.3, 0.4) is 0 Å². The number of rotatable bonds is 3. The van der Waals surface area contributed by atoms with Gasteiger partial charge in [0.2, 0.25) is 0 Å². The molecule has 20 heavy (non-hydrogen) atoms. The highest BCUT2D eigenvalue weighted by Crippen LogP contribution is 2.33. The van der Waals surface area contributed by atoms with Crippen molar-refractivity contribution < 1.29 is 19.2 Å². The second kappa shape index (κ2) is 5.08. The van der Waals surface area contributed by atoms with Crippen molar-refractivity contribution in [2.75, 3.05) is 0 Å². The van der Waals surface area contributed by atoms with Crippen LogP contribution in [0.15, 0.2) is 36.4 Å². The van der Waals surface area contributed by atoms with E-state index in [0.29, 0.717) is 0 Å². The number of hydrogen-bond acceptors (Lipinski definition) is 3. The highest BCUT2D eigenvalue weighted by Gasteiger charge is 2.20. The number of nitro groups is 1. The van der Waals surface area contributed by atoms with Crippen molar-refractivity contribution in [3.63, 3.8) is 0 Å². The van der Waals surface area contributed by atoms with Gasteiger partial charge in [-0.1, -0.05) is 11.6 Å². The molecular formula is C14H10FNO4. The van der Waals surface area contributed by atoms with Crippen LogP contribution in [-0.4, -0.2) is 16.0 Å². The van der Waals surface area contributed by atoms with E-state index >= 15 is 0 Å². The maximum Gasteiger partial charge on any atom is 0.335 e. The normalized spacial score (nSPS) is 10.3. The van der Waals surface area contributed by atoms with E-state index in [1.165, 1.54) is 24.3 Å². The summed E-state index contributed by atoms with van der Waals surface area (Å²) in [5.74, 6) is -1.87. The highest BCUT2D eigenvalue weighted by atomic mass is 19.1. The minimum absolute atomic E-state index is 0.0567. The summed E-state index contributed by atoms with van der Waals surface area (Å²) >= 11 is 0. The number of nitro benzene ring substituents is 1. The molecule has 5 nitrogen and oxygen atoms in total. The van der Waals surface area contributed by atoms with E-state index in [0.717, 1.165) is 11.6 Å². The average Bonchev–Trinajstić information content (AvgIpc) is 2.40. The third-order valence-corrected chi connectivity index (χ3v) is 2.85. The molecule has 0 fully saturated rings. The first-order valence-corrected chi connectivity index (χ1v) is 5.68. The monoisotopic (exact) mass is 275 g/mol. The molecule has 0 unspecified atom stereocenters. The first kappa shape index (κ1) is 13.7. The van der Waals surface area contributed by atoms with Crippen LogP contribution in [-0.2, 0) is 0 Å². The third kappa shape index (κ3) is 2.49. The SMILES string of the molecule is Cc1ccc(F)c(-c2ccc(C(=O)O)cc2[N+](=O)[O-])c1. The zero-order chi connectivity index (χ0) is 14.9. The fourth-order valence-electron chi connectivity index (χ4n) is 1.89. The quantitative estimate of drug-likeness (QED) is 0.687. The van der Waals surface area contributed by atoms with Crippen LogP contribution in [0.25, 0.3) is 11.1 Å². The zero-order valence-electron chi connectivity index (χ0n) is 10.5. The van der Waals surface area contributed by atoms with E-state index in [1.54, 1.807) is 13.0 Å². The maximum absolute atomic E-state index is 13.8. The summed E-state index contributed by atoms with van der Waals surface area (Å²) in [7, 11) is 0. The molecule has 0 bridgehead atoms. The van der Waals surface area contributed by atoms with Gasteiger partial charge in [-0.05, 0) is 31.2 Å². The van der Waals surface area contributed by atoms with Gasteiger partial charge in [0.15, 0.2) is 0 Å². The van der Waals surface area contributed by atoms with Crippen molar-refractivity contribution in [2.45, 2.75) is 6.92 Å². The Morgan fingerprint density at radius 1 is 1.20 bits per heavy atom.